The highest BCUT2D eigenvalue weighted by atomic mass is 16.9. The molecule has 9 atom stereocenters. The second kappa shape index (κ2) is 21.1. The second-order valence-corrected chi connectivity index (χ2v) is 19.2. The van der Waals surface area contributed by atoms with Gasteiger partial charge in [-0.25, -0.2) is 0 Å². The second-order valence-electron chi connectivity index (χ2n) is 19.2. The monoisotopic (exact) mass is 950 g/mol. The quantitative estimate of drug-likeness (QED) is 0.0883. The highest BCUT2D eigenvalue weighted by Gasteiger charge is 2.66. The number of ether oxygens (including phenoxy) is 11. The van der Waals surface area contributed by atoms with E-state index in [9.17, 15) is 5.11 Å². The minimum absolute atomic E-state index is 0.000560. The molecule has 0 saturated carbocycles. The maximum atomic E-state index is 12.7. The lowest BCUT2D eigenvalue weighted by Crippen LogP contribution is -2.61. The molecule has 70 heavy (non-hydrogen) atoms. The molecule has 0 aliphatic carbocycles. The van der Waals surface area contributed by atoms with E-state index in [1.807, 2.05) is 191 Å². The Bertz CT molecular complexity index is 2600. The summed E-state index contributed by atoms with van der Waals surface area (Å²) in [5.74, 6) is -2.77. The van der Waals surface area contributed by atoms with E-state index in [1.54, 1.807) is 0 Å². The number of benzene rings is 6. The number of rotatable bonds is 18. The smallest absolute Gasteiger partial charge is 0.235 e. The number of phenols is 1. The lowest BCUT2D eigenvalue weighted by atomic mass is 9.88. The molecule has 10 rings (SSSR count). The molecular weight excluding hydrogens is 889 g/mol. The molecule has 4 aliphatic heterocycles. The van der Waals surface area contributed by atoms with E-state index in [0.29, 0.717) is 23.5 Å². The highest BCUT2D eigenvalue weighted by molar-refractivity contribution is 5.74. The van der Waals surface area contributed by atoms with Crippen LogP contribution < -0.4 is 4.74 Å². The molecule has 0 unspecified atom stereocenters. The molecule has 6 aromatic rings. The Labute approximate surface area is 410 Å². The van der Waals surface area contributed by atoms with Crippen LogP contribution in [-0.4, -0.2) is 85.0 Å². The first kappa shape index (κ1) is 48.2. The van der Waals surface area contributed by atoms with Crippen molar-refractivity contribution in [1.82, 2.24) is 0 Å². The fourth-order valence-corrected chi connectivity index (χ4v) is 9.94. The van der Waals surface area contributed by atoms with Gasteiger partial charge in [-0.2, -0.15) is 0 Å². The van der Waals surface area contributed by atoms with Crippen molar-refractivity contribution in [2.45, 2.75) is 120 Å². The van der Waals surface area contributed by atoms with E-state index in [0.717, 1.165) is 27.8 Å². The average Bonchev–Trinajstić information content (AvgIpc) is 3.86. The Morgan fingerprint density at radius 1 is 0.571 bits per heavy atom. The molecule has 12 nitrogen and oxygen atoms in total. The van der Waals surface area contributed by atoms with Crippen molar-refractivity contribution >= 4 is 0 Å². The highest BCUT2D eigenvalue weighted by Crippen LogP contribution is 2.50. The third-order valence-corrected chi connectivity index (χ3v) is 13.1. The van der Waals surface area contributed by atoms with Crippen LogP contribution in [0.1, 0.15) is 61.6 Å². The van der Waals surface area contributed by atoms with Crippen molar-refractivity contribution in [2.24, 2.45) is 0 Å². The summed E-state index contributed by atoms with van der Waals surface area (Å²) in [5.41, 5.74) is 5.65. The van der Waals surface area contributed by atoms with Gasteiger partial charge in [-0.3, -0.25) is 0 Å². The first-order valence-electron chi connectivity index (χ1n) is 24.2. The third kappa shape index (κ3) is 11.0. The Morgan fingerprint density at radius 3 is 1.69 bits per heavy atom. The number of hydrogen-bond donors (Lipinski definition) is 1. The molecule has 4 heterocycles. The average molecular weight is 951 g/mol. The fourth-order valence-electron chi connectivity index (χ4n) is 9.94. The van der Waals surface area contributed by atoms with Gasteiger partial charge in [0.05, 0.1) is 39.6 Å². The molecular formula is C58H62O12. The van der Waals surface area contributed by atoms with E-state index in [-0.39, 0.29) is 51.5 Å². The number of aromatic hydroxyl groups is 1. The Balaban J connectivity index is 1.06. The summed E-state index contributed by atoms with van der Waals surface area (Å²) in [7, 11) is 0. The van der Waals surface area contributed by atoms with Crippen LogP contribution in [0.5, 0.6) is 11.5 Å². The zero-order chi connectivity index (χ0) is 48.1. The van der Waals surface area contributed by atoms with Crippen molar-refractivity contribution in [3.63, 3.8) is 0 Å². The zero-order valence-electron chi connectivity index (χ0n) is 40.1. The Morgan fingerprint density at radius 2 is 1.10 bits per heavy atom. The number of hydrogen-bond acceptors (Lipinski definition) is 12. The van der Waals surface area contributed by atoms with E-state index in [4.69, 9.17) is 52.1 Å². The molecule has 0 radical (unpaired) electrons. The van der Waals surface area contributed by atoms with E-state index < -0.39 is 60.1 Å². The molecule has 0 aromatic heterocycles. The van der Waals surface area contributed by atoms with Gasteiger partial charge in [0, 0.05) is 11.1 Å². The lowest BCUT2D eigenvalue weighted by Gasteiger charge is -2.46. The van der Waals surface area contributed by atoms with Crippen molar-refractivity contribution < 1.29 is 57.2 Å². The summed E-state index contributed by atoms with van der Waals surface area (Å²) in [6.45, 7) is 8.85. The van der Waals surface area contributed by atoms with Gasteiger partial charge in [-0.05, 0) is 67.6 Å². The summed E-state index contributed by atoms with van der Waals surface area (Å²) in [6, 6.07) is 53.4. The van der Waals surface area contributed by atoms with Gasteiger partial charge in [-0.15, -0.1) is 0 Å². The minimum Gasteiger partial charge on any atom is -0.507 e. The van der Waals surface area contributed by atoms with Gasteiger partial charge in [0.1, 0.15) is 66.9 Å². The van der Waals surface area contributed by atoms with E-state index >= 15 is 0 Å². The molecule has 366 valence electrons. The molecule has 1 N–H and O–H groups in total. The van der Waals surface area contributed by atoms with E-state index in [1.165, 1.54) is 0 Å². The van der Waals surface area contributed by atoms with Crippen LogP contribution in [0.3, 0.4) is 0 Å². The van der Waals surface area contributed by atoms with Crippen molar-refractivity contribution in [3.8, 4) is 22.6 Å². The van der Waals surface area contributed by atoms with Crippen LogP contribution in [0.2, 0.25) is 0 Å². The van der Waals surface area contributed by atoms with Crippen LogP contribution in [-0.2, 0) is 73.8 Å². The zero-order valence-corrected chi connectivity index (χ0v) is 40.1. The number of phenolic OH excluding ortho intramolecular Hbond substituents is 1. The van der Waals surface area contributed by atoms with Crippen LogP contribution in [0.4, 0.5) is 0 Å². The molecule has 6 aromatic carbocycles. The van der Waals surface area contributed by atoms with Crippen molar-refractivity contribution in [1.29, 1.82) is 0 Å². The first-order chi connectivity index (χ1) is 34.0. The first-order valence-corrected chi connectivity index (χ1v) is 24.2. The van der Waals surface area contributed by atoms with Gasteiger partial charge in [-0.1, -0.05) is 152 Å². The molecule has 0 spiro atoms. The molecule has 4 saturated heterocycles. The van der Waals surface area contributed by atoms with Crippen molar-refractivity contribution in [2.75, 3.05) is 19.8 Å². The molecule has 4 aliphatic rings. The lowest BCUT2D eigenvalue weighted by molar-refractivity contribution is -0.290. The van der Waals surface area contributed by atoms with Crippen LogP contribution in [0, 0.1) is 0 Å². The Kier molecular flexibility index (Phi) is 14.5. The maximum Gasteiger partial charge on any atom is 0.235 e. The Hall–Kier alpha value is -5.48. The topological polar surface area (TPSA) is 122 Å². The van der Waals surface area contributed by atoms with Crippen LogP contribution in [0.15, 0.2) is 164 Å². The maximum absolute atomic E-state index is 12.7. The number of fused-ring (bicyclic) bond motifs is 3. The summed E-state index contributed by atoms with van der Waals surface area (Å²) in [6.07, 6.45) is -5.40. The van der Waals surface area contributed by atoms with E-state index in [2.05, 4.69) is 0 Å². The molecule has 12 heteroatoms. The van der Waals surface area contributed by atoms with Gasteiger partial charge in [0.2, 0.25) is 5.79 Å². The summed E-state index contributed by atoms with van der Waals surface area (Å²) in [4.78, 5) is 0. The normalized spacial score (nSPS) is 27.7. The minimum atomic E-state index is -1.34. The fraction of sp³-hybridized carbons (Fsp3) is 0.379. The summed E-state index contributed by atoms with van der Waals surface area (Å²) in [5, 5.41) is 12.7. The predicted octanol–water partition coefficient (Wildman–Crippen LogP) is 10.2. The van der Waals surface area contributed by atoms with Crippen molar-refractivity contribution in [3.05, 3.63) is 192 Å². The van der Waals surface area contributed by atoms with Gasteiger partial charge in [0.15, 0.2) is 11.6 Å². The standard InChI is InChI=1S/C58H62O12/c1-56(2)67-48-37-65-58(55(52(48)68-56)69-57(3,4)70-58)38-64-44-30-45(43-28-18-9-19-29-43)49(59)46(31-44)50-53(62-34-41-24-14-7-15-25-41)54(63-35-42-26-16-8-17-27-42)51(61-33-40-22-12-6-13-23-40)47(66-50)36-60-32-39-20-10-5-11-21-39/h5-31,47-48,50-55,59H,32-38H2,1-4H3/t47-,48-,50+,51-,52-,53+,54+,55+,58+/m1/s1. The van der Waals surface area contributed by atoms with Crippen LogP contribution >= 0.6 is 0 Å². The largest absolute Gasteiger partial charge is 0.507 e. The third-order valence-electron chi connectivity index (χ3n) is 13.1. The molecule has 0 amide bonds. The van der Waals surface area contributed by atoms with Crippen LogP contribution in [0.25, 0.3) is 11.1 Å². The SMILES string of the molecule is CC1(C)O[C@@H]2[C@@H](CO[C@@]3(COc4cc(-c5ccccc5)c(O)c([C@@H]5O[C@H](COCc6ccccc6)[C@@H](OCc6ccccc6)[C@H](OCc6ccccc6)[C@H]5OCc5ccccc5)c4)OC(C)(C)O[C@@H]23)O1. The van der Waals surface area contributed by atoms with Gasteiger partial charge < -0.3 is 57.2 Å². The predicted molar refractivity (Wildman–Crippen MR) is 260 cm³/mol. The summed E-state index contributed by atoms with van der Waals surface area (Å²) < 4.78 is 74.0. The van der Waals surface area contributed by atoms with Gasteiger partial charge in [0.25, 0.3) is 0 Å². The molecule has 4 fully saturated rings. The molecule has 0 bridgehead atoms. The van der Waals surface area contributed by atoms with Gasteiger partial charge >= 0.3 is 0 Å². The summed E-state index contributed by atoms with van der Waals surface area (Å²) >= 11 is 0.